The maximum Gasteiger partial charge on any atom is 0.336 e. The number of amides is 1. The summed E-state index contributed by atoms with van der Waals surface area (Å²) in [7, 11) is 0. The van der Waals surface area contributed by atoms with E-state index in [-0.39, 0.29) is 28.7 Å². The molecule has 0 aliphatic carbocycles. The van der Waals surface area contributed by atoms with E-state index in [9.17, 15) is 9.59 Å². The summed E-state index contributed by atoms with van der Waals surface area (Å²) < 4.78 is 11.2. The molecule has 1 aliphatic rings. The van der Waals surface area contributed by atoms with E-state index in [1.165, 1.54) is 0 Å². The minimum Gasteiger partial charge on any atom is -0.481 e. The van der Waals surface area contributed by atoms with Crippen molar-refractivity contribution in [3.05, 3.63) is 40.2 Å². The van der Waals surface area contributed by atoms with Crippen LogP contribution in [0.5, 0.6) is 5.75 Å². The largest absolute Gasteiger partial charge is 0.481 e. The number of rotatable bonds is 6. The smallest absolute Gasteiger partial charge is 0.336 e. The van der Waals surface area contributed by atoms with Crippen LogP contribution in [0.15, 0.2) is 33.5 Å². The third kappa shape index (κ3) is 5.42. The first-order valence-corrected chi connectivity index (χ1v) is 10.9. The van der Waals surface area contributed by atoms with Crippen LogP contribution in [-0.4, -0.2) is 29.1 Å². The molecule has 0 spiro atoms. The molecule has 2 heterocycles. The topological polar surface area (TPSA) is 85.1 Å². The molecule has 164 valence electrons. The van der Waals surface area contributed by atoms with E-state index in [1.54, 1.807) is 19.1 Å². The van der Waals surface area contributed by atoms with Gasteiger partial charge in [0.1, 0.15) is 11.3 Å². The fourth-order valence-corrected chi connectivity index (χ4v) is 4.96. The van der Waals surface area contributed by atoms with E-state index in [1.807, 2.05) is 12.1 Å². The first kappa shape index (κ1) is 22.3. The molecule has 2 aromatic rings. The Balaban J connectivity index is 1.70. The van der Waals surface area contributed by atoms with E-state index < -0.39 is 6.10 Å². The lowest BCUT2D eigenvalue weighted by atomic mass is 9.79. The Kier molecular flexibility index (Phi) is 6.27. The molecular formula is C24H35N2O4+. The number of quaternary nitrogens is 1. The molecule has 0 radical (unpaired) electrons. The van der Waals surface area contributed by atoms with Gasteiger partial charge in [0, 0.05) is 36.4 Å². The highest BCUT2D eigenvalue weighted by atomic mass is 16.5. The molecule has 0 bridgehead atoms. The number of carbonyl (C=O) groups excluding carboxylic acids is 1. The summed E-state index contributed by atoms with van der Waals surface area (Å²) in [5.74, 6) is 0.384. The second-order valence-electron chi connectivity index (χ2n) is 9.99. The number of aryl methyl sites for hydroxylation is 1. The number of nitrogens with one attached hydrogen (secondary N) is 1. The van der Waals surface area contributed by atoms with Crippen molar-refractivity contribution in [1.82, 2.24) is 5.32 Å². The van der Waals surface area contributed by atoms with Crippen LogP contribution in [0.2, 0.25) is 0 Å². The van der Waals surface area contributed by atoms with E-state index in [2.05, 4.69) is 45.3 Å². The van der Waals surface area contributed by atoms with Crippen LogP contribution in [0, 0.1) is 0 Å². The molecule has 0 saturated carbocycles. The number of hydrogen-bond donors (Lipinski definition) is 2. The summed E-state index contributed by atoms with van der Waals surface area (Å²) >= 11 is 0. The lowest BCUT2D eigenvalue weighted by Crippen LogP contribution is -3.06. The van der Waals surface area contributed by atoms with Crippen molar-refractivity contribution in [1.29, 1.82) is 0 Å². The van der Waals surface area contributed by atoms with E-state index >= 15 is 0 Å². The molecule has 1 saturated heterocycles. The average molecular weight is 416 g/mol. The van der Waals surface area contributed by atoms with Crippen molar-refractivity contribution in [2.24, 2.45) is 0 Å². The monoisotopic (exact) mass is 415 g/mol. The van der Waals surface area contributed by atoms with Crippen molar-refractivity contribution in [3.8, 4) is 5.75 Å². The van der Waals surface area contributed by atoms with Crippen LogP contribution in [0.1, 0.15) is 66.4 Å². The Labute approximate surface area is 178 Å². The predicted molar refractivity (Wildman–Crippen MR) is 118 cm³/mol. The van der Waals surface area contributed by atoms with Gasteiger partial charge in [0.05, 0.1) is 11.1 Å². The molecule has 1 aliphatic heterocycles. The number of fused-ring (bicyclic) bond motifs is 1. The summed E-state index contributed by atoms with van der Waals surface area (Å²) in [5.41, 5.74) is 1.25. The van der Waals surface area contributed by atoms with Gasteiger partial charge in [-0.2, -0.15) is 0 Å². The highest BCUT2D eigenvalue weighted by Gasteiger charge is 2.42. The number of carbonyl (C=O) groups is 1. The third-order valence-corrected chi connectivity index (χ3v) is 5.68. The summed E-state index contributed by atoms with van der Waals surface area (Å²) in [6, 6.07) is 7.08. The second kappa shape index (κ2) is 8.42. The maximum absolute atomic E-state index is 12.8. The Morgan fingerprint density at radius 1 is 1.23 bits per heavy atom. The van der Waals surface area contributed by atoms with Crippen molar-refractivity contribution < 1.29 is 19.3 Å². The zero-order valence-electron chi connectivity index (χ0n) is 19.0. The summed E-state index contributed by atoms with van der Waals surface area (Å²) in [4.78, 5) is 24.6. The van der Waals surface area contributed by atoms with Gasteiger partial charge in [-0.1, -0.05) is 13.3 Å². The highest BCUT2D eigenvalue weighted by molar-refractivity contribution is 5.83. The van der Waals surface area contributed by atoms with Gasteiger partial charge in [0.2, 0.25) is 0 Å². The highest BCUT2D eigenvalue weighted by Crippen LogP contribution is 2.25. The molecule has 1 aromatic heterocycles. The van der Waals surface area contributed by atoms with Crippen molar-refractivity contribution >= 4 is 16.9 Å². The molecule has 30 heavy (non-hydrogen) atoms. The van der Waals surface area contributed by atoms with Crippen LogP contribution in [0.25, 0.3) is 11.0 Å². The standard InChI is InChI=1S/C24H34N2O4/c1-7-8-16-11-21(27)30-20-12-18(9-10-19(16)20)29-15(2)22(28)25-17-13-23(3,4)26-24(5,6)14-17/h9-12,15,17,26H,7-8,13-14H2,1-6H3,(H,25,28)/p+1/t15-/m0/s1. The molecule has 6 heteroatoms. The van der Waals surface area contributed by atoms with Crippen molar-refractivity contribution in [3.63, 3.8) is 0 Å². The zero-order valence-corrected chi connectivity index (χ0v) is 19.0. The van der Waals surface area contributed by atoms with Crippen LogP contribution in [0.4, 0.5) is 0 Å². The zero-order chi connectivity index (χ0) is 22.1. The third-order valence-electron chi connectivity index (χ3n) is 5.68. The van der Waals surface area contributed by atoms with Crippen molar-refractivity contribution in [2.45, 2.75) is 90.4 Å². The van der Waals surface area contributed by atoms with Gasteiger partial charge in [-0.25, -0.2) is 4.79 Å². The predicted octanol–water partition coefficient (Wildman–Crippen LogP) is 2.91. The van der Waals surface area contributed by atoms with Gasteiger partial charge < -0.3 is 19.8 Å². The van der Waals surface area contributed by atoms with Crippen LogP contribution < -0.4 is 21.0 Å². The van der Waals surface area contributed by atoms with Gasteiger partial charge in [-0.05, 0) is 58.7 Å². The minimum atomic E-state index is -0.648. The normalized spacial score (nSPS) is 19.4. The Bertz CT molecular complexity index is 961. The van der Waals surface area contributed by atoms with Gasteiger partial charge >= 0.3 is 5.63 Å². The molecule has 0 unspecified atom stereocenters. The Hall–Kier alpha value is -2.34. The lowest BCUT2D eigenvalue weighted by molar-refractivity contribution is -0.787. The summed E-state index contributed by atoms with van der Waals surface area (Å²) in [6.07, 6.45) is 2.93. The Morgan fingerprint density at radius 3 is 2.53 bits per heavy atom. The van der Waals surface area contributed by atoms with Crippen LogP contribution in [0.3, 0.4) is 0 Å². The number of ether oxygens (including phenoxy) is 1. The van der Waals surface area contributed by atoms with E-state index in [0.29, 0.717) is 11.3 Å². The van der Waals surface area contributed by atoms with E-state index in [0.717, 1.165) is 36.6 Å². The minimum absolute atomic E-state index is 0.0792. The van der Waals surface area contributed by atoms with Gasteiger partial charge in [0.15, 0.2) is 6.10 Å². The number of benzene rings is 1. The fourth-order valence-electron chi connectivity index (χ4n) is 4.96. The molecule has 1 fully saturated rings. The first-order valence-electron chi connectivity index (χ1n) is 10.9. The SMILES string of the molecule is CCCc1cc(=O)oc2cc(O[C@@H](C)C(=O)NC3CC(C)(C)[NH2+]C(C)(C)C3)ccc12. The lowest BCUT2D eigenvalue weighted by Gasteiger charge is -2.43. The Morgan fingerprint density at radius 2 is 1.90 bits per heavy atom. The maximum atomic E-state index is 12.8. The van der Waals surface area contributed by atoms with Crippen molar-refractivity contribution in [2.75, 3.05) is 0 Å². The van der Waals surface area contributed by atoms with Crippen LogP contribution in [-0.2, 0) is 11.2 Å². The number of nitrogens with two attached hydrogens (primary N) is 1. The summed E-state index contributed by atoms with van der Waals surface area (Å²) in [6.45, 7) is 12.7. The summed E-state index contributed by atoms with van der Waals surface area (Å²) in [5, 5.41) is 6.46. The number of piperidine rings is 1. The fraction of sp³-hybridized carbons (Fsp3) is 0.583. The second-order valence-corrected chi connectivity index (χ2v) is 9.99. The number of hydrogen-bond acceptors (Lipinski definition) is 4. The molecule has 6 nitrogen and oxygen atoms in total. The molecule has 1 aromatic carbocycles. The van der Waals surface area contributed by atoms with E-state index in [4.69, 9.17) is 9.15 Å². The quantitative estimate of drug-likeness (QED) is 0.711. The van der Waals surface area contributed by atoms with Gasteiger partial charge in [0.25, 0.3) is 5.91 Å². The molecule has 1 amide bonds. The van der Waals surface area contributed by atoms with Crippen LogP contribution >= 0.6 is 0 Å². The van der Waals surface area contributed by atoms with Gasteiger partial charge in [-0.15, -0.1) is 0 Å². The van der Waals surface area contributed by atoms with Gasteiger partial charge in [-0.3, -0.25) is 4.79 Å². The first-order chi connectivity index (χ1) is 14.0. The molecule has 3 rings (SSSR count). The molecule has 1 atom stereocenters. The average Bonchev–Trinajstić information content (AvgIpc) is 2.58. The molecule has 3 N–H and O–H groups in total. The molecular weight excluding hydrogens is 380 g/mol.